The Labute approximate surface area is 350 Å². The zero-order valence-corrected chi connectivity index (χ0v) is 36.7. The van der Waals surface area contributed by atoms with Crippen molar-refractivity contribution in [2.75, 3.05) is 30.3 Å². The van der Waals surface area contributed by atoms with Crippen molar-refractivity contribution in [1.82, 2.24) is 10.1 Å². The number of hydrogen-bond acceptors (Lipinski definition) is 14. The van der Waals surface area contributed by atoms with E-state index >= 15 is 0 Å². The number of hydrazone groups is 1. The first-order valence-corrected chi connectivity index (χ1v) is 25.3. The lowest BCUT2D eigenvalue weighted by molar-refractivity contribution is -0.438. The number of hydrogen-bond donors (Lipinski definition) is 4. The number of carbonyl (C=O) groups is 3. The smallest absolute Gasteiger partial charge is 0.330 e. The van der Waals surface area contributed by atoms with Gasteiger partial charge in [0.15, 0.2) is 5.71 Å². The minimum Gasteiger partial charge on any atom is -0.330 e. The lowest BCUT2D eigenvalue weighted by Crippen LogP contribution is -2.32. The van der Waals surface area contributed by atoms with Gasteiger partial charge in [0.05, 0.1) is 27.6 Å². The zero-order valence-electron chi connectivity index (χ0n) is 33.4. The SMILES string of the molecule is CC1=NN(CCCS(=O)(=O)O)/C(=C\C=C\C2=[N+](CCCCCC(=O)ON3C(=O)CCC3=O)c3ccc(S(=O)(=O)O)cc3C2(C)CCCS(=O)(=O)O)C1(C)CCCS(=O)(=O)O. The minimum atomic E-state index is -4.69. The Hall–Kier alpha value is -3.91. The van der Waals surface area contributed by atoms with Gasteiger partial charge in [-0.25, -0.2) is 4.79 Å². The lowest BCUT2D eigenvalue weighted by Gasteiger charge is -2.29. The van der Waals surface area contributed by atoms with Gasteiger partial charge in [-0.3, -0.25) is 32.8 Å². The number of allylic oxidation sites excluding steroid dienone is 4. The van der Waals surface area contributed by atoms with Crippen LogP contribution >= 0.6 is 0 Å². The fourth-order valence-electron chi connectivity index (χ4n) is 7.63. The number of hydroxylamine groups is 2. The van der Waals surface area contributed by atoms with Gasteiger partial charge >= 0.3 is 5.97 Å². The number of nitrogens with zero attached hydrogens (tertiary/aromatic N) is 4. The van der Waals surface area contributed by atoms with E-state index in [-0.39, 0.29) is 64.5 Å². The maximum atomic E-state index is 12.4. The molecule has 2 atom stereocenters. The van der Waals surface area contributed by atoms with Crippen LogP contribution in [0.3, 0.4) is 0 Å². The van der Waals surface area contributed by atoms with E-state index in [2.05, 4.69) is 5.10 Å². The maximum Gasteiger partial charge on any atom is 0.333 e. The largest absolute Gasteiger partial charge is 0.333 e. The summed E-state index contributed by atoms with van der Waals surface area (Å²) in [6, 6.07) is 4.00. The first-order valence-electron chi connectivity index (χ1n) is 19.1. The molecular weight excluding hydrogens is 873 g/mol. The second-order valence-corrected chi connectivity index (χ2v) is 21.5. The van der Waals surface area contributed by atoms with E-state index in [1.807, 2.05) is 4.58 Å². The normalized spacial score (nSPS) is 22.1. The van der Waals surface area contributed by atoms with Crippen molar-refractivity contribution in [2.45, 2.75) is 102 Å². The average Bonchev–Trinajstić information content (AvgIpc) is 3.63. The summed E-state index contributed by atoms with van der Waals surface area (Å²) in [7, 11) is -17.7. The van der Waals surface area contributed by atoms with Gasteiger partial charge in [-0.1, -0.05) is 6.08 Å². The Bertz CT molecular complexity index is 2430. The molecule has 0 saturated carbocycles. The highest BCUT2D eigenvalue weighted by Gasteiger charge is 2.48. The monoisotopic (exact) mass is 923 g/mol. The van der Waals surface area contributed by atoms with Gasteiger partial charge in [0.2, 0.25) is 5.69 Å². The molecule has 2 amide bonds. The van der Waals surface area contributed by atoms with Crippen LogP contribution in [-0.2, 0) is 65.1 Å². The molecule has 0 radical (unpaired) electrons. The van der Waals surface area contributed by atoms with Crippen LogP contribution in [0.2, 0.25) is 0 Å². The van der Waals surface area contributed by atoms with Crippen LogP contribution in [0.25, 0.3) is 0 Å². The van der Waals surface area contributed by atoms with Crippen LogP contribution in [0.15, 0.2) is 52.1 Å². The predicted molar refractivity (Wildman–Crippen MR) is 217 cm³/mol. The Morgan fingerprint density at radius 2 is 1.38 bits per heavy atom. The lowest BCUT2D eigenvalue weighted by atomic mass is 9.75. The fraction of sp³-hybridized carbons (Fsp3) is 0.583. The number of fused-ring (bicyclic) bond motifs is 1. The second-order valence-electron chi connectivity index (χ2n) is 15.3. The van der Waals surface area contributed by atoms with E-state index < -0.39 is 91.2 Å². The van der Waals surface area contributed by atoms with Crippen molar-refractivity contribution in [3.8, 4) is 0 Å². The summed E-state index contributed by atoms with van der Waals surface area (Å²) in [5.74, 6) is -3.67. The van der Waals surface area contributed by atoms with Crippen LogP contribution in [0, 0.1) is 5.41 Å². The third-order valence-electron chi connectivity index (χ3n) is 10.8. The molecule has 334 valence electrons. The standard InChI is InChI=1S/C36H50N4O16S4/c1-26-35(2,18-8-22-57(44,45)46)31(39(37-26)21-10-24-59(50,51)52)12-7-11-30-36(3,19-9-23-58(47,48)49)28-25-27(60(53,54)55)14-15-29(28)38(30)20-6-4-5-13-34(43)56-40-32(41)16-17-33(40)42/h7,11-12,14-15,25H,4-6,8-10,13,16-24H2,1-3H3,(H3-,44,45,46,47,48,49,50,51,52,53,54,55)/p+1. The third-order valence-corrected chi connectivity index (χ3v) is 14.1. The molecule has 4 N–H and O–H groups in total. The Morgan fingerprint density at radius 1 is 0.817 bits per heavy atom. The topological polar surface area (TPSA) is 300 Å². The van der Waals surface area contributed by atoms with Gasteiger partial charge in [-0.05, 0) is 83.9 Å². The molecule has 20 nitrogen and oxygen atoms in total. The summed E-state index contributed by atoms with van der Waals surface area (Å²) in [6.07, 6.45) is 6.25. The average molecular weight is 924 g/mol. The molecule has 1 saturated heterocycles. The molecular formula is C36H51N4O16S4+. The number of imide groups is 1. The Balaban J connectivity index is 1.74. The summed E-state index contributed by atoms with van der Waals surface area (Å²) < 4.78 is 134. The quantitative estimate of drug-likeness (QED) is 0.0562. The summed E-state index contributed by atoms with van der Waals surface area (Å²) in [5.41, 5.74) is 0.532. The van der Waals surface area contributed by atoms with Crippen molar-refractivity contribution in [1.29, 1.82) is 0 Å². The molecule has 3 heterocycles. The van der Waals surface area contributed by atoms with Crippen molar-refractivity contribution in [3.63, 3.8) is 0 Å². The highest BCUT2D eigenvalue weighted by atomic mass is 32.2. The molecule has 2 unspecified atom stereocenters. The molecule has 3 aliphatic heterocycles. The number of benzene rings is 1. The zero-order chi connectivity index (χ0) is 44.9. The fourth-order valence-corrected chi connectivity index (χ4v) is 9.64. The number of rotatable bonds is 22. The van der Waals surface area contributed by atoms with E-state index in [0.717, 1.165) is 0 Å². The van der Waals surface area contributed by atoms with Crippen LogP contribution in [0.4, 0.5) is 5.69 Å². The predicted octanol–water partition coefficient (Wildman–Crippen LogP) is 3.21. The van der Waals surface area contributed by atoms with E-state index in [1.54, 1.807) is 39.0 Å². The molecule has 0 bridgehead atoms. The summed E-state index contributed by atoms with van der Waals surface area (Å²) in [6.45, 7) is 5.58. The van der Waals surface area contributed by atoms with E-state index in [1.165, 1.54) is 23.2 Å². The van der Waals surface area contributed by atoms with Crippen molar-refractivity contribution in [3.05, 3.63) is 47.7 Å². The Kier molecular flexibility index (Phi) is 15.4. The summed E-state index contributed by atoms with van der Waals surface area (Å²) in [5, 5.41) is 6.60. The molecule has 1 fully saturated rings. The highest BCUT2D eigenvalue weighted by Crippen LogP contribution is 2.45. The molecule has 1 aromatic carbocycles. The molecule has 24 heteroatoms. The van der Waals surface area contributed by atoms with Crippen molar-refractivity contribution < 1.29 is 75.7 Å². The third kappa shape index (κ3) is 12.8. The summed E-state index contributed by atoms with van der Waals surface area (Å²) in [4.78, 5) is 40.6. The van der Waals surface area contributed by atoms with Crippen molar-refractivity contribution >= 4 is 75.4 Å². The number of carbonyl (C=O) groups excluding carboxylic acids is 3. The van der Waals surface area contributed by atoms with Crippen molar-refractivity contribution in [2.24, 2.45) is 10.5 Å². The van der Waals surface area contributed by atoms with Gasteiger partial charge in [0.1, 0.15) is 6.54 Å². The first-order chi connectivity index (χ1) is 27.6. The van der Waals surface area contributed by atoms with Gasteiger partial charge in [0, 0.05) is 66.8 Å². The molecule has 60 heavy (non-hydrogen) atoms. The van der Waals surface area contributed by atoms with Gasteiger partial charge in [-0.2, -0.15) is 43.3 Å². The molecule has 3 aliphatic rings. The van der Waals surface area contributed by atoms with Crippen LogP contribution in [0.5, 0.6) is 0 Å². The van der Waals surface area contributed by atoms with E-state index in [0.29, 0.717) is 52.7 Å². The molecule has 1 aromatic rings. The number of amides is 2. The van der Waals surface area contributed by atoms with E-state index in [9.17, 15) is 66.3 Å². The van der Waals surface area contributed by atoms with Gasteiger partial charge in [-0.15, -0.1) is 5.06 Å². The highest BCUT2D eigenvalue weighted by molar-refractivity contribution is 7.86. The summed E-state index contributed by atoms with van der Waals surface area (Å²) >= 11 is 0. The second kappa shape index (κ2) is 19.0. The van der Waals surface area contributed by atoms with Crippen LogP contribution in [-0.4, -0.2) is 126 Å². The van der Waals surface area contributed by atoms with Gasteiger partial charge < -0.3 is 4.84 Å². The molecule has 0 aliphatic carbocycles. The van der Waals surface area contributed by atoms with Gasteiger partial charge in [0.25, 0.3) is 52.3 Å². The molecule has 0 aromatic heterocycles. The van der Waals surface area contributed by atoms with E-state index in [4.69, 9.17) is 4.84 Å². The molecule has 0 spiro atoms. The molecule has 4 rings (SSSR count). The van der Waals surface area contributed by atoms with Crippen LogP contribution < -0.4 is 0 Å². The van der Waals surface area contributed by atoms with Crippen LogP contribution in [0.1, 0.15) is 97.0 Å². The minimum absolute atomic E-state index is 0.0214. The first kappa shape index (κ1) is 48.8. The number of unbranched alkanes of at least 4 members (excludes halogenated alkanes) is 2. The Morgan fingerprint density at radius 3 is 1.95 bits per heavy atom. The maximum absolute atomic E-state index is 12.4.